The molecule has 0 aromatic rings. The number of terminal acetylenes is 1. The third-order valence-electron chi connectivity index (χ3n) is 0.874. The van der Waals surface area contributed by atoms with Gasteiger partial charge in [-0.15, -0.1) is 12.3 Å². The van der Waals surface area contributed by atoms with Gasteiger partial charge < -0.3 is 0 Å². The van der Waals surface area contributed by atoms with E-state index in [9.17, 15) is 0 Å². The summed E-state index contributed by atoms with van der Waals surface area (Å²) in [5, 5.41) is 0. The lowest BCUT2D eigenvalue weighted by atomic mass is 10.2. The van der Waals surface area contributed by atoms with Crippen molar-refractivity contribution in [3.63, 3.8) is 0 Å². The fraction of sp³-hybridized carbons (Fsp3) is 0.375. The van der Waals surface area contributed by atoms with Crippen molar-refractivity contribution >= 4 is 0 Å². The van der Waals surface area contributed by atoms with E-state index >= 15 is 0 Å². The Hall–Kier alpha value is -0.700. The van der Waals surface area contributed by atoms with Crippen molar-refractivity contribution in [3.05, 3.63) is 18.6 Å². The minimum atomic E-state index is 0.759. The van der Waals surface area contributed by atoms with Crippen LogP contribution in [0.2, 0.25) is 0 Å². The zero-order valence-electron chi connectivity index (χ0n) is 5.28. The van der Waals surface area contributed by atoms with Crippen LogP contribution in [0.5, 0.6) is 0 Å². The van der Waals surface area contributed by atoms with E-state index in [1.165, 1.54) is 5.57 Å². The van der Waals surface area contributed by atoms with Crippen molar-refractivity contribution in [1.82, 2.24) is 0 Å². The van der Waals surface area contributed by atoms with Gasteiger partial charge in [-0.25, -0.2) is 0 Å². The summed E-state index contributed by atoms with van der Waals surface area (Å²) in [7, 11) is 0. The van der Waals surface area contributed by atoms with Gasteiger partial charge in [-0.05, 0) is 20.3 Å². The van der Waals surface area contributed by atoms with Gasteiger partial charge in [0.15, 0.2) is 0 Å². The van der Waals surface area contributed by atoms with Crippen LogP contribution in [0.15, 0.2) is 11.6 Å². The highest BCUT2D eigenvalue weighted by atomic mass is 13.8. The molecule has 0 nitrogen and oxygen atoms in total. The Morgan fingerprint density at radius 2 is 2.50 bits per heavy atom. The molecule has 0 rings (SSSR count). The molecule has 0 aromatic carbocycles. The Morgan fingerprint density at radius 3 is 2.88 bits per heavy atom. The molecule has 0 unspecified atom stereocenters. The molecule has 0 atom stereocenters. The van der Waals surface area contributed by atoms with Crippen molar-refractivity contribution in [2.75, 3.05) is 0 Å². The third kappa shape index (κ3) is 3.49. The molecule has 0 heterocycles. The molecule has 0 aromatic heterocycles. The summed E-state index contributed by atoms with van der Waals surface area (Å²) < 4.78 is 0. The minimum absolute atomic E-state index is 0.759. The van der Waals surface area contributed by atoms with Gasteiger partial charge >= 0.3 is 0 Å². The zero-order chi connectivity index (χ0) is 6.41. The Labute approximate surface area is 51.6 Å². The molecule has 0 aliphatic carbocycles. The summed E-state index contributed by atoms with van der Waals surface area (Å²) in [5.41, 5.74) is 1.24. The van der Waals surface area contributed by atoms with Gasteiger partial charge in [0.05, 0.1) is 0 Å². The number of hydrogen-bond donors (Lipinski definition) is 0. The average Bonchev–Trinajstić information content (AvgIpc) is 1.68. The molecule has 1 radical (unpaired) electrons. The highest BCUT2D eigenvalue weighted by Crippen LogP contribution is 1.97. The predicted molar refractivity (Wildman–Crippen MR) is 37.2 cm³/mol. The third-order valence-corrected chi connectivity index (χ3v) is 0.874. The van der Waals surface area contributed by atoms with Crippen LogP contribution in [0, 0.1) is 19.3 Å². The summed E-state index contributed by atoms with van der Waals surface area (Å²) in [6.07, 6.45) is 8.69. The maximum Gasteiger partial charge on any atom is 0.0293 e. The molecule has 0 saturated carbocycles. The number of hydrogen-bond acceptors (Lipinski definition) is 0. The first-order chi connectivity index (χ1) is 3.81. The summed E-state index contributed by atoms with van der Waals surface area (Å²) in [6.45, 7) is 5.68. The molecule has 0 heteroatoms. The van der Waals surface area contributed by atoms with Gasteiger partial charge in [-0.1, -0.05) is 11.6 Å². The standard InChI is InChI=1S/C8H11/c1-4-6-8(3)7-5-2/h1,7H,2,5-6H2,3H3/b8-7+. The minimum Gasteiger partial charge on any atom is -0.120 e. The smallest absolute Gasteiger partial charge is 0.0293 e. The molecular formula is C8H11. The fourth-order valence-electron chi connectivity index (χ4n) is 0.480. The van der Waals surface area contributed by atoms with Gasteiger partial charge in [-0.3, -0.25) is 0 Å². The van der Waals surface area contributed by atoms with Crippen molar-refractivity contribution in [2.24, 2.45) is 0 Å². The SMILES string of the molecule is C#CC/C(C)=C/C[CH2]. The van der Waals surface area contributed by atoms with E-state index < -0.39 is 0 Å². The monoisotopic (exact) mass is 107 g/mol. The van der Waals surface area contributed by atoms with E-state index in [0.29, 0.717) is 0 Å². The second-order valence-corrected chi connectivity index (χ2v) is 1.72. The Bertz CT molecular complexity index is 112. The Kier molecular flexibility index (Phi) is 4.07. The van der Waals surface area contributed by atoms with E-state index in [0.717, 1.165) is 12.8 Å². The lowest BCUT2D eigenvalue weighted by Crippen LogP contribution is -1.70. The molecule has 0 amide bonds. The molecule has 43 valence electrons. The summed E-state index contributed by atoms with van der Waals surface area (Å²) in [5.74, 6) is 2.56. The molecule has 0 aliphatic heterocycles. The van der Waals surface area contributed by atoms with Gasteiger partial charge in [0.25, 0.3) is 0 Å². The summed E-state index contributed by atoms with van der Waals surface area (Å²) in [6, 6.07) is 0. The molecule has 0 N–H and O–H groups in total. The van der Waals surface area contributed by atoms with Crippen LogP contribution in [-0.2, 0) is 0 Å². The maximum absolute atomic E-state index is 5.05. The number of allylic oxidation sites excluding steroid dienone is 2. The molecule has 0 fully saturated rings. The van der Waals surface area contributed by atoms with E-state index in [4.69, 9.17) is 6.42 Å². The number of rotatable bonds is 2. The van der Waals surface area contributed by atoms with E-state index in [1.54, 1.807) is 0 Å². The molecular weight excluding hydrogens is 96.1 g/mol. The molecule has 0 aliphatic rings. The second kappa shape index (κ2) is 4.46. The van der Waals surface area contributed by atoms with Crippen LogP contribution in [0.1, 0.15) is 19.8 Å². The van der Waals surface area contributed by atoms with E-state index in [2.05, 4.69) is 12.8 Å². The predicted octanol–water partition coefficient (Wildman–Crippen LogP) is 2.18. The zero-order valence-corrected chi connectivity index (χ0v) is 5.28. The first kappa shape index (κ1) is 7.30. The van der Waals surface area contributed by atoms with Crippen LogP contribution in [0.4, 0.5) is 0 Å². The van der Waals surface area contributed by atoms with Crippen LogP contribution in [0.25, 0.3) is 0 Å². The molecule has 8 heavy (non-hydrogen) atoms. The Morgan fingerprint density at radius 1 is 1.88 bits per heavy atom. The normalized spacial score (nSPS) is 10.9. The molecule has 0 bridgehead atoms. The van der Waals surface area contributed by atoms with Crippen molar-refractivity contribution in [1.29, 1.82) is 0 Å². The summed E-state index contributed by atoms with van der Waals surface area (Å²) in [4.78, 5) is 0. The first-order valence-corrected chi connectivity index (χ1v) is 2.69. The van der Waals surface area contributed by atoms with Crippen LogP contribution < -0.4 is 0 Å². The van der Waals surface area contributed by atoms with Gasteiger partial charge in [0, 0.05) is 6.42 Å². The fourth-order valence-corrected chi connectivity index (χ4v) is 0.480. The average molecular weight is 107 g/mol. The largest absolute Gasteiger partial charge is 0.120 e. The highest BCUT2D eigenvalue weighted by Gasteiger charge is 1.79. The van der Waals surface area contributed by atoms with Gasteiger partial charge in [0.2, 0.25) is 0 Å². The Balaban J connectivity index is 3.49. The van der Waals surface area contributed by atoms with Gasteiger partial charge in [-0.2, -0.15) is 0 Å². The van der Waals surface area contributed by atoms with E-state index in [1.807, 2.05) is 13.0 Å². The maximum atomic E-state index is 5.05. The molecule has 0 spiro atoms. The van der Waals surface area contributed by atoms with Crippen LogP contribution >= 0.6 is 0 Å². The topological polar surface area (TPSA) is 0 Å². The van der Waals surface area contributed by atoms with Crippen molar-refractivity contribution in [2.45, 2.75) is 19.8 Å². The lowest BCUT2D eigenvalue weighted by molar-refractivity contribution is 1.20. The first-order valence-electron chi connectivity index (χ1n) is 2.69. The van der Waals surface area contributed by atoms with Crippen molar-refractivity contribution < 1.29 is 0 Å². The quantitative estimate of drug-likeness (QED) is 0.375. The van der Waals surface area contributed by atoms with Crippen LogP contribution in [-0.4, -0.2) is 0 Å². The van der Waals surface area contributed by atoms with Crippen molar-refractivity contribution in [3.8, 4) is 12.3 Å². The summed E-state index contributed by atoms with van der Waals surface area (Å²) >= 11 is 0. The van der Waals surface area contributed by atoms with E-state index in [-0.39, 0.29) is 0 Å². The lowest BCUT2D eigenvalue weighted by Gasteiger charge is -1.88. The van der Waals surface area contributed by atoms with Crippen LogP contribution in [0.3, 0.4) is 0 Å². The second-order valence-electron chi connectivity index (χ2n) is 1.72. The van der Waals surface area contributed by atoms with Gasteiger partial charge in [0.1, 0.15) is 0 Å². The highest BCUT2D eigenvalue weighted by molar-refractivity contribution is 5.07. The molecule has 0 saturated heterocycles.